The van der Waals surface area contributed by atoms with E-state index in [1.807, 2.05) is 0 Å². The lowest BCUT2D eigenvalue weighted by atomic mass is 10.2. The molecule has 3 N–H and O–H groups in total. The standard InChI is InChI=1S/C11H12Cl2F2N4O4S/c1-24(22,23)17-7-3-8(6(13)2-5(7)12)19-11(21)18(10(14)15)9(4-20)16-19/h2-3,9-10,16-17,20H,4H2,1H3. The molecule has 1 fully saturated rings. The predicted molar refractivity (Wildman–Crippen MR) is 84.7 cm³/mol. The van der Waals surface area contributed by atoms with Crippen molar-refractivity contribution in [1.82, 2.24) is 10.3 Å². The highest BCUT2D eigenvalue weighted by Gasteiger charge is 2.43. The summed E-state index contributed by atoms with van der Waals surface area (Å²) in [5.74, 6) is 0. The van der Waals surface area contributed by atoms with Crippen molar-refractivity contribution in [3.8, 4) is 0 Å². The Kier molecular flexibility index (Phi) is 5.40. The third kappa shape index (κ3) is 3.81. The molecule has 1 saturated heterocycles. The molecule has 8 nitrogen and oxygen atoms in total. The second kappa shape index (κ2) is 6.84. The lowest BCUT2D eigenvalue weighted by Crippen LogP contribution is -2.43. The van der Waals surface area contributed by atoms with Crippen molar-refractivity contribution in [2.24, 2.45) is 0 Å². The number of hydrogen-bond acceptors (Lipinski definition) is 5. The van der Waals surface area contributed by atoms with E-state index in [0.717, 1.165) is 18.4 Å². The van der Waals surface area contributed by atoms with Crippen LogP contribution < -0.4 is 15.2 Å². The minimum absolute atomic E-state index is 0.0507. The van der Waals surface area contributed by atoms with Gasteiger partial charge in [0.15, 0.2) is 0 Å². The number of amides is 2. The smallest absolute Gasteiger partial charge is 0.344 e. The van der Waals surface area contributed by atoms with Crippen LogP contribution in [-0.4, -0.2) is 50.0 Å². The molecule has 0 bridgehead atoms. The number of hydrogen-bond donors (Lipinski definition) is 3. The molecule has 1 atom stereocenters. The predicted octanol–water partition coefficient (Wildman–Crippen LogP) is 1.65. The Morgan fingerprint density at radius 1 is 1.38 bits per heavy atom. The fraction of sp³-hybridized carbons (Fsp3) is 0.364. The maximum atomic E-state index is 13.0. The fourth-order valence-electron chi connectivity index (χ4n) is 2.02. The van der Waals surface area contributed by atoms with E-state index >= 15 is 0 Å². The summed E-state index contributed by atoms with van der Waals surface area (Å²) >= 11 is 11.9. The van der Waals surface area contributed by atoms with Crippen LogP contribution >= 0.6 is 23.2 Å². The van der Waals surface area contributed by atoms with Crippen LogP contribution in [0.25, 0.3) is 0 Å². The van der Waals surface area contributed by atoms with Gasteiger partial charge in [-0.1, -0.05) is 23.2 Å². The molecule has 2 amide bonds. The Balaban J connectivity index is 2.45. The minimum atomic E-state index is -3.68. The molecule has 1 heterocycles. The molecule has 1 unspecified atom stereocenters. The first-order valence-electron chi connectivity index (χ1n) is 6.29. The summed E-state index contributed by atoms with van der Waals surface area (Å²) in [4.78, 5) is 12.2. The van der Waals surface area contributed by atoms with Gasteiger partial charge in [-0.05, 0) is 12.1 Å². The van der Waals surface area contributed by atoms with Gasteiger partial charge in [0, 0.05) is 0 Å². The molecule has 0 aliphatic carbocycles. The van der Waals surface area contributed by atoms with Gasteiger partial charge in [0.1, 0.15) is 6.17 Å². The van der Waals surface area contributed by atoms with E-state index < -0.39 is 35.4 Å². The van der Waals surface area contributed by atoms with E-state index in [1.165, 1.54) is 0 Å². The van der Waals surface area contributed by atoms with Crippen molar-refractivity contribution in [2.75, 3.05) is 22.6 Å². The molecule has 0 aromatic heterocycles. The number of rotatable bonds is 5. The van der Waals surface area contributed by atoms with E-state index in [1.54, 1.807) is 0 Å². The number of hydrazine groups is 1. The van der Waals surface area contributed by atoms with E-state index in [4.69, 9.17) is 28.3 Å². The zero-order chi connectivity index (χ0) is 18.2. The number of nitrogens with one attached hydrogen (secondary N) is 2. The minimum Gasteiger partial charge on any atom is -0.393 e. The zero-order valence-corrected chi connectivity index (χ0v) is 14.3. The number of carbonyl (C=O) groups is 1. The van der Waals surface area contributed by atoms with Crippen LogP contribution in [0.15, 0.2) is 12.1 Å². The first-order chi connectivity index (χ1) is 11.0. The van der Waals surface area contributed by atoms with Crippen molar-refractivity contribution in [3.05, 3.63) is 22.2 Å². The summed E-state index contributed by atoms with van der Waals surface area (Å²) in [7, 11) is -3.68. The van der Waals surface area contributed by atoms with Crippen LogP contribution in [0.2, 0.25) is 10.0 Å². The Labute approximate surface area is 145 Å². The molecule has 2 rings (SSSR count). The van der Waals surface area contributed by atoms with Gasteiger partial charge in [-0.15, -0.1) is 0 Å². The third-order valence-electron chi connectivity index (χ3n) is 2.98. The zero-order valence-electron chi connectivity index (χ0n) is 12.0. The number of sulfonamides is 1. The first kappa shape index (κ1) is 18.9. The quantitative estimate of drug-likeness (QED) is 0.647. The first-order valence-corrected chi connectivity index (χ1v) is 8.94. The lowest BCUT2D eigenvalue weighted by Gasteiger charge is -2.19. The third-order valence-corrected chi connectivity index (χ3v) is 4.19. The maximum Gasteiger partial charge on any atom is 0.344 e. The van der Waals surface area contributed by atoms with Gasteiger partial charge >= 0.3 is 12.6 Å². The largest absolute Gasteiger partial charge is 0.393 e. The molecule has 1 aliphatic rings. The van der Waals surface area contributed by atoms with Gasteiger partial charge in [-0.25, -0.2) is 28.5 Å². The van der Waals surface area contributed by atoms with E-state index in [9.17, 15) is 22.0 Å². The molecule has 134 valence electrons. The van der Waals surface area contributed by atoms with Gasteiger partial charge in [0.05, 0.1) is 34.3 Å². The number of benzene rings is 1. The molecule has 0 spiro atoms. The van der Waals surface area contributed by atoms with Crippen molar-refractivity contribution < 1.29 is 27.1 Å². The highest BCUT2D eigenvalue weighted by molar-refractivity contribution is 7.92. The van der Waals surface area contributed by atoms with Crippen molar-refractivity contribution in [2.45, 2.75) is 12.7 Å². The summed E-state index contributed by atoms with van der Waals surface area (Å²) in [6.07, 6.45) is -0.479. The highest BCUT2D eigenvalue weighted by atomic mass is 35.5. The number of anilines is 2. The fourth-order valence-corrected chi connectivity index (χ4v) is 3.16. The summed E-state index contributed by atoms with van der Waals surface area (Å²) in [5, 5.41) is 9.67. The number of carbonyl (C=O) groups excluding carboxylic acids is 1. The SMILES string of the molecule is CS(=O)(=O)Nc1cc(N2NC(CO)N(C(F)F)C2=O)c(Cl)cc1Cl. The second-order valence-electron chi connectivity index (χ2n) is 4.79. The number of urea groups is 1. The molecule has 0 saturated carbocycles. The monoisotopic (exact) mass is 404 g/mol. The maximum absolute atomic E-state index is 13.0. The Bertz CT molecular complexity index is 765. The van der Waals surface area contributed by atoms with Crippen molar-refractivity contribution in [1.29, 1.82) is 0 Å². The molecule has 24 heavy (non-hydrogen) atoms. The van der Waals surface area contributed by atoms with E-state index in [0.29, 0.717) is 5.01 Å². The Morgan fingerprint density at radius 3 is 2.46 bits per heavy atom. The molecule has 1 aromatic carbocycles. The number of alkyl halides is 2. The molecular weight excluding hydrogens is 393 g/mol. The van der Waals surface area contributed by atoms with E-state index in [-0.39, 0.29) is 26.3 Å². The Hall–Kier alpha value is -1.40. The molecule has 1 aliphatic heterocycles. The molecule has 13 heteroatoms. The summed E-state index contributed by atoms with van der Waals surface area (Å²) in [5.41, 5.74) is 2.16. The normalized spacial score (nSPS) is 18.6. The van der Waals surface area contributed by atoms with E-state index in [2.05, 4.69) is 10.1 Å². The van der Waals surface area contributed by atoms with Crippen LogP contribution in [0.5, 0.6) is 0 Å². The molecule has 0 radical (unpaired) electrons. The highest BCUT2D eigenvalue weighted by Crippen LogP contribution is 2.36. The summed E-state index contributed by atoms with van der Waals surface area (Å²) in [6, 6.07) is 1.10. The van der Waals surface area contributed by atoms with Crippen molar-refractivity contribution in [3.63, 3.8) is 0 Å². The second-order valence-corrected chi connectivity index (χ2v) is 7.35. The van der Waals surface area contributed by atoms with Gasteiger partial charge in [-0.3, -0.25) is 4.72 Å². The number of aliphatic hydroxyl groups is 1. The van der Waals surface area contributed by atoms with Crippen LogP contribution in [0, 0.1) is 0 Å². The molecule has 1 aromatic rings. The summed E-state index contributed by atoms with van der Waals surface area (Å²) in [6.45, 7) is -3.93. The van der Waals surface area contributed by atoms with Crippen LogP contribution in [0.1, 0.15) is 0 Å². The average molecular weight is 405 g/mol. The average Bonchev–Trinajstić information content (AvgIpc) is 2.77. The van der Waals surface area contributed by atoms with Crippen LogP contribution in [0.4, 0.5) is 25.0 Å². The van der Waals surface area contributed by atoms with Gasteiger partial charge in [0.25, 0.3) is 0 Å². The Morgan fingerprint density at radius 2 is 2.00 bits per heavy atom. The molecular formula is C11H12Cl2F2N4O4S. The van der Waals surface area contributed by atoms with Crippen LogP contribution in [-0.2, 0) is 10.0 Å². The van der Waals surface area contributed by atoms with Gasteiger partial charge < -0.3 is 5.11 Å². The number of halogens is 4. The van der Waals surface area contributed by atoms with Gasteiger partial charge in [0.2, 0.25) is 10.0 Å². The lowest BCUT2D eigenvalue weighted by molar-refractivity contribution is -0.0244. The van der Waals surface area contributed by atoms with Crippen molar-refractivity contribution >= 4 is 50.6 Å². The van der Waals surface area contributed by atoms with Gasteiger partial charge in [-0.2, -0.15) is 8.78 Å². The summed E-state index contributed by atoms with van der Waals surface area (Å²) < 4.78 is 50.7. The number of nitrogens with zero attached hydrogens (tertiary/aromatic N) is 2. The van der Waals surface area contributed by atoms with Crippen LogP contribution in [0.3, 0.4) is 0 Å². The topological polar surface area (TPSA) is 102 Å². The number of aliphatic hydroxyl groups excluding tert-OH is 1.